The maximum absolute atomic E-state index is 12.7. The molecule has 1 aromatic heterocycles. The Morgan fingerprint density at radius 1 is 1.67 bits per heavy atom. The summed E-state index contributed by atoms with van der Waals surface area (Å²) in [5, 5.41) is 0. The van der Waals surface area contributed by atoms with Crippen LogP contribution in [-0.4, -0.2) is 12.1 Å². The maximum Gasteiger partial charge on any atom is 0.160 e. The summed E-state index contributed by atoms with van der Waals surface area (Å²) in [6.45, 7) is 1.41. The summed E-state index contributed by atoms with van der Waals surface area (Å²) in [5.74, 6) is 0.472. The Balaban J connectivity index is 3.02. The molecule has 0 aliphatic carbocycles. The summed E-state index contributed by atoms with van der Waals surface area (Å²) < 4.78 is 17.6. The summed E-state index contributed by atoms with van der Waals surface area (Å²) in [7, 11) is 1.49. The lowest BCUT2D eigenvalue weighted by atomic mass is 10.2. The molecule has 2 N–H and O–H groups in total. The normalized spacial score (nSPS) is 12.6. The fraction of sp³-hybridized carbons (Fsp3) is 0.375. The van der Waals surface area contributed by atoms with Crippen molar-refractivity contribution < 1.29 is 9.13 Å². The van der Waals surface area contributed by atoms with Gasteiger partial charge in [-0.1, -0.05) is 0 Å². The number of hydrogen-bond acceptors (Lipinski definition) is 3. The van der Waals surface area contributed by atoms with Gasteiger partial charge in [0, 0.05) is 0 Å². The number of alkyl halides is 1. The zero-order valence-corrected chi connectivity index (χ0v) is 7.04. The van der Waals surface area contributed by atoms with Crippen LogP contribution in [0.3, 0.4) is 0 Å². The van der Waals surface area contributed by atoms with Gasteiger partial charge in [0.2, 0.25) is 0 Å². The van der Waals surface area contributed by atoms with E-state index in [1.165, 1.54) is 26.3 Å². The fourth-order valence-electron chi connectivity index (χ4n) is 0.864. The monoisotopic (exact) mass is 170 g/mol. The number of methoxy groups -OCH3 is 1. The highest BCUT2D eigenvalue weighted by Crippen LogP contribution is 2.23. The lowest BCUT2D eigenvalue weighted by Gasteiger charge is -2.06. The lowest BCUT2D eigenvalue weighted by Crippen LogP contribution is -1.97. The highest BCUT2D eigenvalue weighted by atomic mass is 19.1. The molecule has 66 valence electrons. The molecule has 0 amide bonds. The Hall–Kier alpha value is -1.32. The first-order chi connectivity index (χ1) is 5.65. The van der Waals surface area contributed by atoms with E-state index in [1.54, 1.807) is 0 Å². The van der Waals surface area contributed by atoms with Crippen molar-refractivity contribution in [2.45, 2.75) is 13.1 Å². The second-order valence-electron chi connectivity index (χ2n) is 2.47. The van der Waals surface area contributed by atoms with E-state index >= 15 is 0 Å². The Kier molecular flexibility index (Phi) is 2.47. The molecule has 12 heavy (non-hydrogen) atoms. The van der Waals surface area contributed by atoms with Gasteiger partial charge in [-0.2, -0.15) is 0 Å². The van der Waals surface area contributed by atoms with E-state index in [0.29, 0.717) is 17.1 Å². The quantitative estimate of drug-likeness (QED) is 0.734. The lowest BCUT2D eigenvalue weighted by molar-refractivity contribution is 0.364. The fourth-order valence-corrected chi connectivity index (χ4v) is 0.864. The minimum atomic E-state index is -1.10. The summed E-state index contributed by atoms with van der Waals surface area (Å²) in [6, 6.07) is 1.48. The maximum atomic E-state index is 12.7. The molecule has 1 rings (SSSR count). The zero-order valence-electron chi connectivity index (χ0n) is 7.04. The van der Waals surface area contributed by atoms with E-state index in [0.717, 1.165) is 0 Å². The van der Waals surface area contributed by atoms with Crippen LogP contribution >= 0.6 is 0 Å². The molecule has 0 aromatic carbocycles. The molecule has 3 nitrogen and oxygen atoms in total. The number of aromatic nitrogens is 1. The molecule has 0 radical (unpaired) electrons. The van der Waals surface area contributed by atoms with E-state index in [4.69, 9.17) is 10.5 Å². The van der Waals surface area contributed by atoms with Crippen LogP contribution in [0, 0.1) is 0 Å². The van der Waals surface area contributed by atoms with Crippen LogP contribution in [-0.2, 0) is 0 Å². The second-order valence-corrected chi connectivity index (χ2v) is 2.47. The van der Waals surface area contributed by atoms with Crippen LogP contribution in [0.4, 0.5) is 10.1 Å². The van der Waals surface area contributed by atoms with Gasteiger partial charge in [-0.25, -0.2) is 4.39 Å². The zero-order chi connectivity index (χ0) is 9.14. The number of pyridine rings is 1. The molecule has 0 aliphatic rings. The van der Waals surface area contributed by atoms with Crippen molar-refractivity contribution >= 4 is 5.69 Å². The standard InChI is InChI=1S/C8H11FN2O/c1-5(9)7-3-6(10)8(12-2)4-11-7/h3-5H,1-2H3,(H2,10,11). The van der Waals surface area contributed by atoms with Gasteiger partial charge in [-0.15, -0.1) is 0 Å². The van der Waals surface area contributed by atoms with E-state index in [1.807, 2.05) is 0 Å². The minimum absolute atomic E-state index is 0.327. The molecule has 0 bridgehead atoms. The van der Waals surface area contributed by atoms with Gasteiger partial charge in [0.05, 0.1) is 24.7 Å². The molecule has 0 fully saturated rings. The first-order valence-electron chi connectivity index (χ1n) is 3.58. The summed E-state index contributed by atoms with van der Waals surface area (Å²) in [4.78, 5) is 3.83. The van der Waals surface area contributed by atoms with Crippen molar-refractivity contribution in [2.75, 3.05) is 12.8 Å². The molecule has 0 saturated heterocycles. The third-order valence-electron chi connectivity index (χ3n) is 1.55. The number of halogens is 1. The SMILES string of the molecule is COc1cnc(C(C)F)cc1N. The van der Waals surface area contributed by atoms with E-state index in [2.05, 4.69) is 4.98 Å². The van der Waals surface area contributed by atoms with Crippen molar-refractivity contribution in [3.8, 4) is 5.75 Å². The largest absolute Gasteiger partial charge is 0.493 e. The molecule has 0 saturated carbocycles. The van der Waals surface area contributed by atoms with Crippen molar-refractivity contribution in [1.82, 2.24) is 4.98 Å². The van der Waals surface area contributed by atoms with Gasteiger partial charge < -0.3 is 10.5 Å². The van der Waals surface area contributed by atoms with Crippen LogP contribution in [0.1, 0.15) is 18.8 Å². The number of nitrogens with zero attached hydrogens (tertiary/aromatic N) is 1. The van der Waals surface area contributed by atoms with Gasteiger partial charge in [0.15, 0.2) is 5.75 Å². The van der Waals surface area contributed by atoms with Gasteiger partial charge in [0.25, 0.3) is 0 Å². The molecular weight excluding hydrogens is 159 g/mol. The van der Waals surface area contributed by atoms with Gasteiger partial charge >= 0.3 is 0 Å². The topological polar surface area (TPSA) is 48.1 Å². The molecule has 4 heteroatoms. The third-order valence-corrected chi connectivity index (χ3v) is 1.55. The molecule has 1 unspecified atom stereocenters. The van der Waals surface area contributed by atoms with Crippen LogP contribution < -0.4 is 10.5 Å². The molecule has 1 aromatic rings. The van der Waals surface area contributed by atoms with Crippen LogP contribution in [0.15, 0.2) is 12.3 Å². The summed E-state index contributed by atoms with van der Waals surface area (Å²) in [6.07, 6.45) is 0.319. The van der Waals surface area contributed by atoms with E-state index < -0.39 is 6.17 Å². The second kappa shape index (κ2) is 3.38. The molecule has 1 heterocycles. The predicted molar refractivity (Wildman–Crippen MR) is 44.7 cm³/mol. The van der Waals surface area contributed by atoms with Crippen molar-refractivity contribution in [2.24, 2.45) is 0 Å². The first-order valence-corrected chi connectivity index (χ1v) is 3.58. The number of nitrogen functional groups attached to an aromatic ring is 1. The van der Waals surface area contributed by atoms with Crippen molar-refractivity contribution in [1.29, 1.82) is 0 Å². The number of ether oxygens (including phenoxy) is 1. The minimum Gasteiger partial charge on any atom is -0.493 e. The number of hydrogen-bond donors (Lipinski definition) is 1. The summed E-state index contributed by atoms with van der Waals surface area (Å²) >= 11 is 0. The van der Waals surface area contributed by atoms with E-state index in [-0.39, 0.29) is 0 Å². The Bertz CT molecular complexity index is 276. The molecular formula is C8H11FN2O. The van der Waals surface area contributed by atoms with Gasteiger partial charge in [0.1, 0.15) is 6.17 Å². The molecule has 0 aliphatic heterocycles. The Morgan fingerprint density at radius 2 is 2.33 bits per heavy atom. The average molecular weight is 170 g/mol. The summed E-state index contributed by atoms with van der Waals surface area (Å²) in [5.41, 5.74) is 6.27. The van der Waals surface area contributed by atoms with Crippen molar-refractivity contribution in [3.05, 3.63) is 18.0 Å². The molecule has 0 spiro atoms. The smallest absolute Gasteiger partial charge is 0.160 e. The first kappa shape index (κ1) is 8.77. The molecule has 1 atom stereocenters. The number of rotatable bonds is 2. The highest BCUT2D eigenvalue weighted by molar-refractivity contribution is 5.51. The van der Waals surface area contributed by atoms with E-state index in [9.17, 15) is 4.39 Å². The van der Waals surface area contributed by atoms with Crippen LogP contribution in [0.5, 0.6) is 5.75 Å². The van der Waals surface area contributed by atoms with Crippen LogP contribution in [0.25, 0.3) is 0 Å². The van der Waals surface area contributed by atoms with Crippen molar-refractivity contribution in [3.63, 3.8) is 0 Å². The van der Waals surface area contributed by atoms with Crippen LogP contribution in [0.2, 0.25) is 0 Å². The Morgan fingerprint density at radius 3 is 2.75 bits per heavy atom. The van der Waals surface area contributed by atoms with Gasteiger partial charge in [-0.3, -0.25) is 4.98 Å². The highest BCUT2D eigenvalue weighted by Gasteiger charge is 2.07. The van der Waals surface area contributed by atoms with Gasteiger partial charge in [-0.05, 0) is 13.0 Å². The predicted octanol–water partition coefficient (Wildman–Crippen LogP) is 1.70. The number of nitrogens with two attached hydrogens (primary N) is 1. The Labute approximate surface area is 70.4 Å². The number of anilines is 1. The third kappa shape index (κ3) is 1.64. The average Bonchev–Trinajstić information content (AvgIpc) is 2.04.